The molecule has 0 radical (unpaired) electrons. The summed E-state index contributed by atoms with van der Waals surface area (Å²) in [7, 11) is 0. The van der Waals surface area contributed by atoms with Crippen LogP contribution in [0.3, 0.4) is 0 Å². The zero-order chi connectivity index (χ0) is 29.2. The number of hydrogen-bond acceptors (Lipinski definition) is 10. The van der Waals surface area contributed by atoms with Gasteiger partial charge in [-0.3, -0.25) is 14.6 Å². The van der Waals surface area contributed by atoms with Gasteiger partial charge in [0.05, 0.1) is 17.6 Å². The van der Waals surface area contributed by atoms with Gasteiger partial charge in [0.25, 0.3) is 5.91 Å². The van der Waals surface area contributed by atoms with E-state index in [1.54, 1.807) is 23.6 Å². The molecule has 4 N–H and O–H groups in total. The van der Waals surface area contributed by atoms with Gasteiger partial charge in [0.1, 0.15) is 9.90 Å². The quantitative estimate of drug-likeness (QED) is 0.301. The number of hydrogen-bond donors (Lipinski definition) is 3. The van der Waals surface area contributed by atoms with Crippen LogP contribution in [-0.4, -0.2) is 83.6 Å². The molecule has 1 unspecified atom stereocenters. The van der Waals surface area contributed by atoms with Crippen LogP contribution in [-0.2, 0) is 0 Å². The van der Waals surface area contributed by atoms with Crippen molar-refractivity contribution in [1.82, 2.24) is 19.8 Å². The molecule has 3 aliphatic heterocycles. The van der Waals surface area contributed by atoms with Crippen molar-refractivity contribution in [3.63, 3.8) is 0 Å². The first kappa shape index (κ1) is 28.8. The van der Waals surface area contributed by atoms with E-state index >= 15 is 0 Å². The number of ether oxygens (including phenoxy) is 1. The third-order valence-electron chi connectivity index (χ3n) is 8.28. The van der Waals surface area contributed by atoms with Crippen molar-refractivity contribution in [3.05, 3.63) is 45.7 Å². The lowest BCUT2D eigenvalue weighted by molar-refractivity contribution is -0.0493. The Balaban J connectivity index is 1.14. The first-order valence-corrected chi connectivity index (χ1v) is 15.4. The molecule has 5 heterocycles. The van der Waals surface area contributed by atoms with Gasteiger partial charge in [0, 0.05) is 56.6 Å². The molecule has 0 saturated carbocycles. The Morgan fingerprint density at radius 1 is 1.05 bits per heavy atom. The van der Waals surface area contributed by atoms with Gasteiger partial charge < -0.3 is 26.0 Å². The fourth-order valence-electron chi connectivity index (χ4n) is 6.20. The Morgan fingerprint density at radius 2 is 1.86 bits per heavy atom. The second kappa shape index (κ2) is 12.5. The van der Waals surface area contributed by atoms with Crippen molar-refractivity contribution < 1.29 is 18.3 Å². The number of rotatable bonds is 9. The van der Waals surface area contributed by atoms with E-state index in [1.807, 2.05) is 6.07 Å². The number of halogens is 3. The first-order chi connectivity index (χ1) is 20.3. The molecule has 3 aromatic rings. The number of piperazine rings is 1. The number of nitrogens with one attached hydrogen (secondary N) is 2. The number of carbonyl (C=O) groups is 1. The number of piperidine rings is 1. The van der Waals surface area contributed by atoms with E-state index in [0.29, 0.717) is 22.6 Å². The van der Waals surface area contributed by atoms with Gasteiger partial charge in [0.15, 0.2) is 11.6 Å². The van der Waals surface area contributed by atoms with Crippen LogP contribution in [0, 0.1) is 0 Å². The highest BCUT2D eigenvalue weighted by molar-refractivity contribution is 7.12. The maximum absolute atomic E-state index is 13.4. The van der Waals surface area contributed by atoms with Crippen LogP contribution in [0.2, 0.25) is 5.02 Å². The second-order valence-corrected chi connectivity index (χ2v) is 12.1. The molecule has 3 fully saturated rings. The van der Waals surface area contributed by atoms with E-state index in [0.717, 1.165) is 51.3 Å². The van der Waals surface area contributed by atoms with Gasteiger partial charge in [0.2, 0.25) is 5.95 Å². The minimum atomic E-state index is -3.00. The number of benzene rings is 1. The highest BCUT2D eigenvalue weighted by Crippen LogP contribution is 2.36. The summed E-state index contributed by atoms with van der Waals surface area (Å²) in [4.78, 5) is 28.1. The van der Waals surface area contributed by atoms with Crippen LogP contribution >= 0.6 is 22.9 Å². The summed E-state index contributed by atoms with van der Waals surface area (Å²) in [6, 6.07) is 8.14. The van der Waals surface area contributed by atoms with E-state index in [-0.39, 0.29) is 28.2 Å². The summed E-state index contributed by atoms with van der Waals surface area (Å²) in [6.07, 6.45) is 6.04. The van der Waals surface area contributed by atoms with Gasteiger partial charge in [-0.1, -0.05) is 11.6 Å². The monoisotopic (exact) mass is 618 g/mol. The van der Waals surface area contributed by atoms with Gasteiger partial charge in [-0.15, -0.1) is 11.3 Å². The number of thiophene rings is 1. The van der Waals surface area contributed by atoms with Gasteiger partial charge in [-0.25, -0.2) is 4.98 Å². The molecule has 0 spiro atoms. The second-order valence-electron chi connectivity index (χ2n) is 10.8. The molecule has 1 atom stereocenters. The minimum Gasteiger partial charge on any atom is -0.433 e. The SMILES string of the molecule is NC(=O)c1sccc1Nc1nc(Nc2ccc(N3CCC(N4CCN5CCCC5C4)CC3)cc2OC(F)F)ncc1Cl. The first-order valence-electron chi connectivity index (χ1n) is 14.1. The summed E-state index contributed by atoms with van der Waals surface area (Å²) in [5, 5.41) is 7.87. The zero-order valence-corrected chi connectivity index (χ0v) is 24.5. The molecule has 0 bridgehead atoms. The van der Waals surface area contributed by atoms with Crippen molar-refractivity contribution in [2.45, 2.75) is 44.4 Å². The average molecular weight is 619 g/mol. The number of nitrogens with two attached hydrogens (primary N) is 1. The third kappa shape index (κ3) is 6.38. The molecule has 1 amide bonds. The highest BCUT2D eigenvalue weighted by Gasteiger charge is 2.34. The standard InChI is InChI=1S/C28H33ClF2N8O2S/c29-20-15-33-28(36-26(20)34-22-7-13-42-24(22)25(32)40)35-21-4-3-18(14-23(21)41-27(30)31)38-9-5-17(6-10-38)39-12-11-37-8-1-2-19(37)16-39/h3-4,7,13-15,17,19,27H,1-2,5-6,8-12,16H2,(H2,32,40)(H2,33,34,35,36). The van der Waals surface area contributed by atoms with Gasteiger partial charge in [-0.05, 0) is 55.8 Å². The fourth-order valence-corrected chi connectivity index (χ4v) is 7.04. The summed E-state index contributed by atoms with van der Waals surface area (Å²) >= 11 is 7.46. The summed E-state index contributed by atoms with van der Waals surface area (Å²) in [6.45, 7) is 3.36. The van der Waals surface area contributed by atoms with E-state index in [1.165, 1.54) is 36.9 Å². The third-order valence-corrected chi connectivity index (χ3v) is 9.48. The molecule has 42 heavy (non-hydrogen) atoms. The summed E-state index contributed by atoms with van der Waals surface area (Å²) < 4.78 is 31.8. The molecule has 224 valence electrons. The summed E-state index contributed by atoms with van der Waals surface area (Å²) in [5.74, 6) is -0.266. The molecular formula is C28H33ClF2N8O2S. The van der Waals surface area contributed by atoms with E-state index in [9.17, 15) is 13.6 Å². The van der Waals surface area contributed by atoms with Crippen LogP contribution in [0.25, 0.3) is 0 Å². The number of nitrogens with zero attached hydrogens (tertiary/aromatic N) is 5. The van der Waals surface area contributed by atoms with E-state index in [4.69, 9.17) is 22.1 Å². The average Bonchev–Trinajstić information content (AvgIpc) is 3.65. The largest absolute Gasteiger partial charge is 0.433 e. The lowest BCUT2D eigenvalue weighted by atomic mass is 10.00. The van der Waals surface area contributed by atoms with Gasteiger partial charge >= 0.3 is 6.61 Å². The molecular weight excluding hydrogens is 586 g/mol. The van der Waals surface area contributed by atoms with Crippen LogP contribution in [0.1, 0.15) is 35.4 Å². The smallest absolute Gasteiger partial charge is 0.387 e. The number of aromatic nitrogens is 2. The number of fused-ring (bicyclic) bond motifs is 1. The number of amides is 1. The molecule has 1 aromatic carbocycles. The van der Waals surface area contributed by atoms with Crippen molar-refractivity contribution in [1.29, 1.82) is 0 Å². The van der Waals surface area contributed by atoms with Crippen molar-refractivity contribution in [3.8, 4) is 5.75 Å². The maximum Gasteiger partial charge on any atom is 0.387 e. The van der Waals surface area contributed by atoms with Crippen LogP contribution in [0.5, 0.6) is 5.75 Å². The van der Waals surface area contributed by atoms with Gasteiger partial charge in [-0.2, -0.15) is 13.8 Å². The number of alkyl halides is 2. The Labute approximate surface area is 251 Å². The summed E-state index contributed by atoms with van der Waals surface area (Å²) in [5.41, 5.74) is 6.99. The highest BCUT2D eigenvalue weighted by atomic mass is 35.5. The molecule has 14 heteroatoms. The Morgan fingerprint density at radius 3 is 2.64 bits per heavy atom. The van der Waals surface area contributed by atoms with Crippen molar-refractivity contribution in [2.75, 3.05) is 54.8 Å². The lowest BCUT2D eigenvalue weighted by Crippen LogP contribution is -2.55. The Kier molecular flexibility index (Phi) is 8.61. The minimum absolute atomic E-state index is 0.0103. The molecule has 2 aromatic heterocycles. The lowest BCUT2D eigenvalue weighted by Gasteiger charge is -2.45. The number of anilines is 5. The van der Waals surface area contributed by atoms with E-state index < -0.39 is 12.5 Å². The molecule has 6 rings (SSSR count). The zero-order valence-electron chi connectivity index (χ0n) is 22.9. The van der Waals surface area contributed by atoms with Crippen LogP contribution in [0.4, 0.5) is 37.6 Å². The van der Waals surface area contributed by atoms with Crippen molar-refractivity contribution >= 4 is 57.7 Å². The molecule has 3 saturated heterocycles. The van der Waals surface area contributed by atoms with E-state index in [2.05, 4.69) is 35.3 Å². The Hall–Kier alpha value is -3.26. The van der Waals surface area contributed by atoms with Crippen LogP contribution < -0.4 is 26.0 Å². The topological polar surface area (TPSA) is 112 Å². The predicted octanol–water partition coefficient (Wildman–Crippen LogP) is 5.13. The fraction of sp³-hybridized carbons (Fsp3) is 0.464. The molecule has 3 aliphatic rings. The number of primary amides is 1. The number of carbonyl (C=O) groups excluding carboxylic acids is 1. The molecule has 0 aliphatic carbocycles. The van der Waals surface area contributed by atoms with Crippen LogP contribution in [0.15, 0.2) is 35.8 Å². The maximum atomic E-state index is 13.4. The Bertz CT molecular complexity index is 1420. The predicted molar refractivity (Wildman–Crippen MR) is 161 cm³/mol. The molecule has 10 nitrogen and oxygen atoms in total. The normalized spacial score (nSPS) is 20.1. The van der Waals surface area contributed by atoms with Crippen molar-refractivity contribution in [2.24, 2.45) is 5.73 Å².